The van der Waals surface area contributed by atoms with Gasteiger partial charge in [-0.3, -0.25) is 0 Å². The van der Waals surface area contributed by atoms with E-state index in [1.165, 1.54) is 5.57 Å². The summed E-state index contributed by atoms with van der Waals surface area (Å²) in [6.07, 6.45) is 2.10. The lowest BCUT2D eigenvalue weighted by Gasteiger charge is -2.00. The molecule has 0 radical (unpaired) electrons. The molecular formula is C13H16N4S. The fraction of sp³-hybridized carbons (Fsp3) is 0.231. The van der Waals surface area contributed by atoms with Crippen LogP contribution in [-0.4, -0.2) is 20.9 Å². The van der Waals surface area contributed by atoms with Crippen LogP contribution in [0.3, 0.4) is 0 Å². The summed E-state index contributed by atoms with van der Waals surface area (Å²) in [6, 6.07) is 9.90. The monoisotopic (exact) mass is 260 g/mol. The van der Waals surface area contributed by atoms with Gasteiger partial charge in [-0.05, 0) is 26.0 Å². The number of rotatable bonds is 5. The van der Waals surface area contributed by atoms with Crippen molar-refractivity contribution in [3.63, 3.8) is 0 Å². The molecule has 0 saturated carbocycles. The highest BCUT2D eigenvalue weighted by Crippen LogP contribution is 2.18. The van der Waals surface area contributed by atoms with E-state index in [0.29, 0.717) is 5.95 Å². The average molecular weight is 260 g/mol. The quantitative estimate of drug-likeness (QED) is 0.637. The van der Waals surface area contributed by atoms with Crippen LogP contribution in [0.2, 0.25) is 0 Å². The van der Waals surface area contributed by atoms with Gasteiger partial charge in [-0.25, -0.2) is 5.10 Å². The summed E-state index contributed by atoms with van der Waals surface area (Å²) in [6.45, 7) is 4.14. The second-order valence-corrected chi connectivity index (χ2v) is 4.82. The summed E-state index contributed by atoms with van der Waals surface area (Å²) in [5.41, 5.74) is 2.32. The summed E-state index contributed by atoms with van der Waals surface area (Å²) in [4.78, 5) is 4.37. The Labute approximate surface area is 111 Å². The zero-order valence-electron chi connectivity index (χ0n) is 10.5. The SMILES string of the molecule is C/C=C(/C)CSc1n[nH]c(Nc2ccccc2)n1. The number of aromatic nitrogens is 3. The normalized spacial score (nSPS) is 11.6. The third-order valence-electron chi connectivity index (χ3n) is 2.42. The van der Waals surface area contributed by atoms with Crippen LogP contribution in [0.25, 0.3) is 0 Å². The number of hydrogen-bond acceptors (Lipinski definition) is 4. The number of para-hydroxylation sites is 1. The van der Waals surface area contributed by atoms with Gasteiger partial charge in [-0.1, -0.05) is 41.6 Å². The van der Waals surface area contributed by atoms with Crippen LogP contribution >= 0.6 is 11.8 Å². The number of H-pyrrole nitrogens is 1. The summed E-state index contributed by atoms with van der Waals surface area (Å²) in [5, 5.41) is 11.0. The van der Waals surface area contributed by atoms with Crippen molar-refractivity contribution < 1.29 is 0 Å². The highest BCUT2D eigenvalue weighted by atomic mass is 32.2. The van der Waals surface area contributed by atoms with Gasteiger partial charge in [0.2, 0.25) is 11.1 Å². The second-order valence-electron chi connectivity index (χ2n) is 3.88. The Morgan fingerprint density at radius 2 is 2.17 bits per heavy atom. The lowest BCUT2D eigenvalue weighted by molar-refractivity contribution is 0.974. The van der Waals surface area contributed by atoms with Crippen molar-refractivity contribution in [1.82, 2.24) is 15.2 Å². The van der Waals surface area contributed by atoms with Crippen molar-refractivity contribution in [2.75, 3.05) is 11.1 Å². The molecule has 2 N–H and O–H groups in total. The average Bonchev–Trinajstić information content (AvgIpc) is 2.85. The zero-order chi connectivity index (χ0) is 12.8. The number of nitrogens with zero attached hydrogens (tertiary/aromatic N) is 2. The molecule has 2 aromatic rings. The number of anilines is 2. The smallest absolute Gasteiger partial charge is 0.223 e. The van der Waals surface area contributed by atoms with Crippen LogP contribution in [0.4, 0.5) is 11.6 Å². The standard InChI is InChI=1S/C13H16N4S/c1-3-10(2)9-18-13-15-12(16-17-13)14-11-7-5-4-6-8-11/h3-8H,9H2,1-2H3,(H2,14,15,16,17)/b10-3-. The third-order valence-corrected chi connectivity index (χ3v) is 3.46. The molecule has 1 aromatic carbocycles. The lowest BCUT2D eigenvalue weighted by Crippen LogP contribution is -1.91. The Hall–Kier alpha value is -1.75. The largest absolute Gasteiger partial charge is 0.325 e. The third kappa shape index (κ3) is 3.63. The van der Waals surface area contributed by atoms with Gasteiger partial charge in [0.1, 0.15) is 0 Å². The summed E-state index contributed by atoms with van der Waals surface area (Å²) in [5.74, 6) is 1.58. The molecule has 0 aliphatic heterocycles. The molecule has 0 aliphatic rings. The molecule has 0 aliphatic carbocycles. The minimum Gasteiger partial charge on any atom is -0.325 e. The van der Waals surface area contributed by atoms with Crippen molar-refractivity contribution in [2.45, 2.75) is 19.0 Å². The molecule has 94 valence electrons. The minimum absolute atomic E-state index is 0.668. The van der Waals surface area contributed by atoms with E-state index in [4.69, 9.17) is 0 Å². The summed E-state index contributed by atoms with van der Waals surface area (Å²) >= 11 is 1.62. The van der Waals surface area contributed by atoms with Crippen LogP contribution in [0.15, 0.2) is 47.1 Å². The Kier molecular flexibility index (Phi) is 4.41. The lowest BCUT2D eigenvalue weighted by atomic mass is 10.3. The number of hydrogen-bond donors (Lipinski definition) is 2. The molecule has 0 spiro atoms. The number of nitrogens with one attached hydrogen (secondary N) is 2. The van der Waals surface area contributed by atoms with Gasteiger partial charge in [0.25, 0.3) is 0 Å². The number of allylic oxidation sites excluding steroid dienone is 1. The van der Waals surface area contributed by atoms with Gasteiger partial charge in [0.05, 0.1) is 0 Å². The first-order valence-electron chi connectivity index (χ1n) is 5.77. The second kappa shape index (κ2) is 6.26. The van der Waals surface area contributed by atoms with Crippen molar-refractivity contribution in [3.05, 3.63) is 42.0 Å². The fourth-order valence-corrected chi connectivity index (χ4v) is 2.08. The molecule has 0 bridgehead atoms. The van der Waals surface area contributed by atoms with E-state index < -0.39 is 0 Å². The van der Waals surface area contributed by atoms with E-state index in [0.717, 1.165) is 16.6 Å². The minimum atomic E-state index is 0.668. The van der Waals surface area contributed by atoms with E-state index in [2.05, 4.69) is 33.5 Å². The van der Waals surface area contributed by atoms with Crippen molar-refractivity contribution in [3.8, 4) is 0 Å². The van der Waals surface area contributed by atoms with Gasteiger partial charge >= 0.3 is 0 Å². The van der Waals surface area contributed by atoms with Gasteiger partial charge in [-0.2, -0.15) is 4.98 Å². The van der Waals surface area contributed by atoms with E-state index in [-0.39, 0.29) is 0 Å². The predicted octanol–water partition coefficient (Wildman–Crippen LogP) is 3.61. The Bertz CT molecular complexity index is 519. The Morgan fingerprint density at radius 1 is 1.39 bits per heavy atom. The molecule has 0 atom stereocenters. The maximum atomic E-state index is 4.37. The fourth-order valence-electron chi connectivity index (χ4n) is 1.29. The first-order chi connectivity index (χ1) is 8.78. The molecule has 0 saturated heterocycles. The molecule has 2 rings (SSSR count). The maximum absolute atomic E-state index is 4.37. The molecule has 0 fully saturated rings. The van der Waals surface area contributed by atoms with E-state index >= 15 is 0 Å². The summed E-state index contributed by atoms with van der Waals surface area (Å²) in [7, 11) is 0. The van der Waals surface area contributed by atoms with Gasteiger partial charge in [0.15, 0.2) is 0 Å². The van der Waals surface area contributed by atoms with Gasteiger partial charge in [-0.15, -0.1) is 5.10 Å². The molecule has 0 amide bonds. The molecule has 1 heterocycles. The van der Waals surface area contributed by atoms with E-state index in [1.807, 2.05) is 37.3 Å². The first-order valence-corrected chi connectivity index (χ1v) is 6.75. The molecule has 4 nitrogen and oxygen atoms in total. The Balaban J connectivity index is 1.94. The van der Waals surface area contributed by atoms with Crippen molar-refractivity contribution in [2.24, 2.45) is 0 Å². The topological polar surface area (TPSA) is 53.6 Å². The van der Waals surface area contributed by atoms with Crippen molar-refractivity contribution in [1.29, 1.82) is 0 Å². The molecule has 0 unspecified atom stereocenters. The van der Waals surface area contributed by atoms with Crippen LogP contribution < -0.4 is 5.32 Å². The van der Waals surface area contributed by atoms with Gasteiger partial charge in [0, 0.05) is 11.4 Å². The highest BCUT2D eigenvalue weighted by molar-refractivity contribution is 7.99. The van der Waals surface area contributed by atoms with Crippen LogP contribution in [0.5, 0.6) is 0 Å². The highest BCUT2D eigenvalue weighted by Gasteiger charge is 2.03. The van der Waals surface area contributed by atoms with E-state index in [9.17, 15) is 0 Å². The zero-order valence-corrected chi connectivity index (χ0v) is 11.3. The number of thioether (sulfide) groups is 1. The first kappa shape index (κ1) is 12.7. The number of aromatic amines is 1. The molecular weight excluding hydrogens is 244 g/mol. The van der Waals surface area contributed by atoms with E-state index in [1.54, 1.807) is 11.8 Å². The van der Waals surface area contributed by atoms with Crippen LogP contribution in [-0.2, 0) is 0 Å². The molecule has 18 heavy (non-hydrogen) atoms. The van der Waals surface area contributed by atoms with Gasteiger partial charge < -0.3 is 5.32 Å². The Morgan fingerprint density at radius 3 is 2.89 bits per heavy atom. The number of benzene rings is 1. The predicted molar refractivity (Wildman–Crippen MR) is 76.3 cm³/mol. The summed E-state index contributed by atoms with van der Waals surface area (Å²) < 4.78 is 0. The molecule has 1 aromatic heterocycles. The van der Waals surface area contributed by atoms with Crippen LogP contribution in [0, 0.1) is 0 Å². The van der Waals surface area contributed by atoms with Crippen molar-refractivity contribution >= 4 is 23.4 Å². The van der Waals surface area contributed by atoms with Crippen LogP contribution in [0.1, 0.15) is 13.8 Å². The molecule has 5 heteroatoms. The maximum Gasteiger partial charge on any atom is 0.223 e.